The molecule has 2 aromatic rings. The average Bonchev–Trinajstić information content (AvgIpc) is 2.71. The van der Waals surface area contributed by atoms with Crippen LogP contribution in [0.15, 0.2) is 9.37 Å². The van der Waals surface area contributed by atoms with Crippen molar-refractivity contribution >= 4 is 28.9 Å². The topological polar surface area (TPSA) is 63.6 Å². The molecule has 5 nitrogen and oxygen atoms in total. The first kappa shape index (κ1) is 13.2. The molecule has 96 valence electrons. The highest BCUT2D eigenvalue weighted by Crippen LogP contribution is 2.32. The van der Waals surface area contributed by atoms with Gasteiger partial charge in [0, 0.05) is 12.1 Å². The fraction of sp³-hybridized carbons (Fsp3) is 0.455. The van der Waals surface area contributed by atoms with Crippen LogP contribution >= 0.6 is 23.1 Å². The van der Waals surface area contributed by atoms with E-state index < -0.39 is 0 Å². The molecule has 0 aliphatic rings. The molecule has 0 spiro atoms. The van der Waals surface area contributed by atoms with Gasteiger partial charge in [0.2, 0.25) is 0 Å². The molecule has 0 radical (unpaired) electrons. The number of rotatable bonds is 4. The van der Waals surface area contributed by atoms with E-state index >= 15 is 0 Å². The molecule has 2 heterocycles. The highest BCUT2D eigenvalue weighted by atomic mass is 32.2. The van der Waals surface area contributed by atoms with Gasteiger partial charge in [0.1, 0.15) is 21.7 Å². The highest BCUT2D eigenvalue weighted by molar-refractivity contribution is 8.01. The molecule has 0 saturated carbocycles. The maximum atomic E-state index is 4.47. The van der Waals surface area contributed by atoms with Crippen LogP contribution in [0.4, 0.5) is 5.82 Å². The van der Waals surface area contributed by atoms with Crippen LogP contribution in [-0.4, -0.2) is 26.7 Å². The Kier molecular flexibility index (Phi) is 4.13. The summed E-state index contributed by atoms with van der Waals surface area (Å²) in [6.07, 6.45) is 0. The fourth-order valence-corrected chi connectivity index (χ4v) is 3.30. The van der Waals surface area contributed by atoms with Crippen LogP contribution < -0.4 is 5.32 Å². The largest absolute Gasteiger partial charge is 0.370 e. The Bertz CT molecular complexity index is 552. The number of anilines is 1. The van der Waals surface area contributed by atoms with Crippen molar-refractivity contribution < 1.29 is 0 Å². The van der Waals surface area contributed by atoms with E-state index in [1.54, 1.807) is 23.1 Å². The van der Waals surface area contributed by atoms with E-state index in [4.69, 9.17) is 0 Å². The summed E-state index contributed by atoms with van der Waals surface area (Å²) in [7, 11) is 0. The van der Waals surface area contributed by atoms with Crippen LogP contribution in [0.2, 0.25) is 0 Å². The number of hydrogen-bond donors (Lipinski definition) is 1. The predicted octanol–water partition coefficient (Wildman–Crippen LogP) is 2.84. The lowest BCUT2D eigenvalue weighted by atomic mass is 10.3. The second-order valence-corrected chi connectivity index (χ2v) is 6.19. The minimum absolute atomic E-state index is 0.764. The van der Waals surface area contributed by atoms with E-state index in [0.29, 0.717) is 0 Å². The standard InChI is InChI=1S/C11H15N5S2/c1-5-12-9-6(2)10(14-7(3)13-9)18-11-16-15-8(4)17-11/h5H2,1-4H3,(H,12,13,14). The summed E-state index contributed by atoms with van der Waals surface area (Å²) < 4.78 is 0.913. The molecule has 0 unspecified atom stereocenters. The first-order valence-electron chi connectivity index (χ1n) is 5.67. The zero-order valence-electron chi connectivity index (χ0n) is 10.8. The lowest BCUT2D eigenvalue weighted by molar-refractivity contribution is 0.926. The molecule has 0 amide bonds. The van der Waals surface area contributed by atoms with Crippen molar-refractivity contribution in [2.24, 2.45) is 0 Å². The highest BCUT2D eigenvalue weighted by Gasteiger charge is 2.12. The predicted molar refractivity (Wildman–Crippen MR) is 74.4 cm³/mol. The molecule has 0 fully saturated rings. The summed E-state index contributed by atoms with van der Waals surface area (Å²) in [4.78, 5) is 8.87. The Morgan fingerprint density at radius 2 is 1.94 bits per heavy atom. The second-order valence-electron chi connectivity index (χ2n) is 3.77. The van der Waals surface area contributed by atoms with Gasteiger partial charge in [-0.1, -0.05) is 11.3 Å². The van der Waals surface area contributed by atoms with Gasteiger partial charge in [0.15, 0.2) is 4.34 Å². The van der Waals surface area contributed by atoms with Crippen LogP contribution in [0.1, 0.15) is 23.3 Å². The fourth-order valence-electron chi connectivity index (χ4n) is 1.44. The quantitative estimate of drug-likeness (QED) is 0.869. The molecule has 7 heteroatoms. The van der Waals surface area contributed by atoms with Gasteiger partial charge in [0.05, 0.1) is 0 Å². The smallest absolute Gasteiger partial charge is 0.180 e. The van der Waals surface area contributed by atoms with Crippen molar-refractivity contribution in [2.75, 3.05) is 11.9 Å². The molecular weight excluding hydrogens is 266 g/mol. The van der Waals surface area contributed by atoms with Gasteiger partial charge in [-0.2, -0.15) is 0 Å². The monoisotopic (exact) mass is 281 g/mol. The van der Waals surface area contributed by atoms with Crippen molar-refractivity contribution in [3.05, 3.63) is 16.4 Å². The van der Waals surface area contributed by atoms with E-state index in [9.17, 15) is 0 Å². The molecule has 0 aliphatic carbocycles. The van der Waals surface area contributed by atoms with Crippen LogP contribution in [0, 0.1) is 20.8 Å². The third kappa shape index (κ3) is 2.97. The number of hydrogen-bond acceptors (Lipinski definition) is 7. The van der Waals surface area contributed by atoms with Crippen molar-refractivity contribution in [3.63, 3.8) is 0 Å². The molecule has 0 atom stereocenters. The van der Waals surface area contributed by atoms with Crippen molar-refractivity contribution in [2.45, 2.75) is 37.1 Å². The normalized spacial score (nSPS) is 10.7. The first-order valence-corrected chi connectivity index (χ1v) is 7.30. The number of aryl methyl sites for hydroxylation is 2. The third-order valence-electron chi connectivity index (χ3n) is 2.25. The van der Waals surface area contributed by atoms with Gasteiger partial charge in [-0.05, 0) is 39.5 Å². The molecule has 0 saturated heterocycles. The van der Waals surface area contributed by atoms with Crippen molar-refractivity contribution in [3.8, 4) is 0 Å². The summed E-state index contributed by atoms with van der Waals surface area (Å²) in [5.41, 5.74) is 1.06. The lowest BCUT2D eigenvalue weighted by Crippen LogP contribution is -2.05. The first-order chi connectivity index (χ1) is 8.60. The van der Waals surface area contributed by atoms with E-state index in [-0.39, 0.29) is 0 Å². The maximum absolute atomic E-state index is 4.47. The molecule has 18 heavy (non-hydrogen) atoms. The number of nitrogens with one attached hydrogen (secondary N) is 1. The summed E-state index contributed by atoms with van der Waals surface area (Å²) in [5.74, 6) is 1.66. The summed E-state index contributed by atoms with van der Waals surface area (Å²) in [6.45, 7) is 8.77. The Morgan fingerprint density at radius 3 is 2.56 bits per heavy atom. The molecule has 0 aliphatic heterocycles. The summed E-state index contributed by atoms with van der Waals surface area (Å²) in [6, 6.07) is 0. The van der Waals surface area contributed by atoms with Crippen LogP contribution in [0.5, 0.6) is 0 Å². The van der Waals surface area contributed by atoms with E-state index in [0.717, 1.165) is 38.1 Å². The molecule has 2 rings (SSSR count). The third-order valence-corrected chi connectivity index (χ3v) is 4.23. The van der Waals surface area contributed by atoms with Gasteiger partial charge in [-0.15, -0.1) is 10.2 Å². The van der Waals surface area contributed by atoms with Crippen LogP contribution in [0.3, 0.4) is 0 Å². The SMILES string of the molecule is CCNc1nc(C)nc(Sc2nnc(C)s2)c1C. The molecule has 0 bridgehead atoms. The van der Waals surface area contributed by atoms with Crippen LogP contribution in [-0.2, 0) is 0 Å². The zero-order valence-corrected chi connectivity index (χ0v) is 12.4. The van der Waals surface area contributed by atoms with Crippen molar-refractivity contribution in [1.29, 1.82) is 0 Å². The number of aromatic nitrogens is 4. The molecular formula is C11H15N5S2. The summed E-state index contributed by atoms with van der Waals surface area (Å²) >= 11 is 3.12. The summed E-state index contributed by atoms with van der Waals surface area (Å²) in [5, 5.41) is 13.3. The minimum Gasteiger partial charge on any atom is -0.370 e. The number of nitrogens with zero attached hydrogens (tertiary/aromatic N) is 4. The Morgan fingerprint density at radius 1 is 1.17 bits per heavy atom. The van der Waals surface area contributed by atoms with E-state index in [2.05, 4.69) is 32.4 Å². The Labute approximate surface area is 114 Å². The molecule has 2 aromatic heterocycles. The lowest BCUT2D eigenvalue weighted by Gasteiger charge is -2.10. The average molecular weight is 281 g/mol. The Balaban J connectivity index is 2.32. The van der Waals surface area contributed by atoms with Gasteiger partial charge in [-0.3, -0.25) is 0 Å². The van der Waals surface area contributed by atoms with Crippen molar-refractivity contribution in [1.82, 2.24) is 20.2 Å². The maximum Gasteiger partial charge on any atom is 0.180 e. The van der Waals surface area contributed by atoms with Gasteiger partial charge < -0.3 is 5.32 Å². The Hall–Kier alpha value is -1.21. The molecule has 0 aromatic carbocycles. The van der Waals surface area contributed by atoms with Crippen LogP contribution in [0.25, 0.3) is 0 Å². The van der Waals surface area contributed by atoms with E-state index in [1.807, 2.05) is 20.8 Å². The van der Waals surface area contributed by atoms with Gasteiger partial charge in [-0.25, -0.2) is 9.97 Å². The van der Waals surface area contributed by atoms with E-state index in [1.165, 1.54) is 0 Å². The van der Waals surface area contributed by atoms with Gasteiger partial charge in [0.25, 0.3) is 0 Å². The van der Waals surface area contributed by atoms with Gasteiger partial charge >= 0.3 is 0 Å². The minimum atomic E-state index is 0.764. The second kappa shape index (κ2) is 5.62. The molecule has 1 N–H and O–H groups in total. The zero-order chi connectivity index (χ0) is 13.1.